The topological polar surface area (TPSA) is 76.1 Å². The van der Waals surface area contributed by atoms with Gasteiger partial charge in [-0.3, -0.25) is 9.59 Å². The number of methoxy groups -OCH3 is 1. The first-order valence-corrected chi connectivity index (χ1v) is 9.80. The minimum absolute atomic E-state index is 0.145. The van der Waals surface area contributed by atoms with Crippen molar-refractivity contribution in [1.29, 1.82) is 0 Å². The molecule has 2 aliphatic rings. The van der Waals surface area contributed by atoms with Crippen LogP contribution in [0.25, 0.3) is 5.76 Å². The molecule has 30 heavy (non-hydrogen) atoms. The van der Waals surface area contributed by atoms with E-state index in [1.54, 1.807) is 30.3 Å². The second kappa shape index (κ2) is 8.28. The Bertz CT molecular complexity index is 1010. The number of ketones is 1. The number of carbonyl (C=O) groups is 2. The van der Waals surface area contributed by atoms with Crippen molar-refractivity contribution in [3.05, 3.63) is 71.0 Å². The molecule has 2 aromatic rings. The number of benzene rings is 2. The quantitative estimate of drug-likeness (QED) is 0.463. The third-order valence-electron chi connectivity index (χ3n) is 5.53. The van der Waals surface area contributed by atoms with Gasteiger partial charge in [0.15, 0.2) is 0 Å². The van der Waals surface area contributed by atoms with Crippen LogP contribution in [0.5, 0.6) is 5.75 Å². The second-order valence-corrected chi connectivity index (χ2v) is 7.31. The largest absolute Gasteiger partial charge is 0.507 e. The molecule has 0 spiro atoms. The van der Waals surface area contributed by atoms with Crippen LogP contribution in [-0.4, -0.2) is 48.1 Å². The summed E-state index contributed by atoms with van der Waals surface area (Å²) in [6, 6.07) is 11.5. The molecule has 2 saturated heterocycles. The van der Waals surface area contributed by atoms with E-state index in [9.17, 15) is 19.1 Å². The first kappa shape index (κ1) is 20.1. The summed E-state index contributed by atoms with van der Waals surface area (Å²) in [4.78, 5) is 27.2. The molecular formula is C23H22FNO5. The Morgan fingerprint density at radius 1 is 1.20 bits per heavy atom. The highest BCUT2D eigenvalue weighted by Gasteiger charge is 2.48. The fourth-order valence-electron chi connectivity index (χ4n) is 4.08. The highest BCUT2D eigenvalue weighted by molar-refractivity contribution is 6.46. The summed E-state index contributed by atoms with van der Waals surface area (Å²) in [5.41, 5.74) is 0.246. The molecule has 4 rings (SSSR count). The van der Waals surface area contributed by atoms with E-state index >= 15 is 0 Å². The zero-order valence-corrected chi connectivity index (χ0v) is 16.5. The number of amides is 1. The van der Waals surface area contributed by atoms with Crippen LogP contribution in [-0.2, 0) is 14.3 Å². The van der Waals surface area contributed by atoms with E-state index in [2.05, 4.69) is 0 Å². The van der Waals surface area contributed by atoms with Crippen molar-refractivity contribution in [1.82, 2.24) is 4.90 Å². The fourth-order valence-corrected chi connectivity index (χ4v) is 4.08. The normalized spacial score (nSPS) is 23.2. The molecule has 156 valence electrons. The summed E-state index contributed by atoms with van der Waals surface area (Å²) < 4.78 is 25.7. The number of likely N-dealkylation sites (tertiary alicyclic amines) is 1. The molecule has 0 aromatic heterocycles. The van der Waals surface area contributed by atoms with Crippen LogP contribution in [0.3, 0.4) is 0 Å². The van der Waals surface area contributed by atoms with Gasteiger partial charge >= 0.3 is 0 Å². The summed E-state index contributed by atoms with van der Waals surface area (Å²) in [7, 11) is 1.44. The number of Topliss-reactive ketones (excluding diaryl/α,β-unsaturated/α-hetero) is 1. The van der Waals surface area contributed by atoms with Crippen LogP contribution < -0.4 is 4.74 Å². The molecule has 2 fully saturated rings. The van der Waals surface area contributed by atoms with Gasteiger partial charge in [-0.2, -0.15) is 0 Å². The van der Waals surface area contributed by atoms with E-state index in [4.69, 9.17) is 9.47 Å². The lowest BCUT2D eigenvalue weighted by Gasteiger charge is -2.27. The van der Waals surface area contributed by atoms with E-state index in [0.29, 0.717) is 12.4 Å². The standard InChI is InChI=1S/C23H22FNO5/c1-29-18-11-5-3-9-16(18)21(26)19-20(15-8-2-4-10-17(15)24)25(23(28)22(19)27)13-14-7-6-12-30-14/h2-5,8-11,14,20,26H,6-7,12-13H2,1H3/b21-19-. The minimum atomic E-state index is -1.06. The van der Waals surface area contributed by atoms with Crippen molar-refractivity contribution >= 4 is 17.4 Å². The predicted octanol–water partition coefficient (Wildman–Crippen LogP) is 3.44. The van der Waals surface area contributed by atoms with Crippen molar-refractivity contribution in [2.45, 2.75) is 25.0 Å². The molecule has 7 heteroatoms. The van der Waals surface area contributed by atoms with Crippen LogP contribution in [0.4, 0.5) is 4.39 Å². The third-order valence-corrected chi connectivity index (χ3v) is 5.53. The maximum absolute atomic E-state index is 14.8. The van der Waals surface area contributed by atoms with Gasteiger partial charge in [0.1, 0.15) is 17.3 Å². The van der Waals surface area contributed by atoms with Gasteiger partial charge in [-0.05, 0) is 31.0 Å². The van der Waals surface area contributed by atoms with E-state index < -0.39 is 29.3 Å². The molecule has 2 atom stereocenters. The molecule has 1 N–H and O–H groups in total. The van der Waals surface area contributed by atoms with Gasteiger partial charge in [-0.15, -0.1) is 0 Å². The molecule has 2 unspecified atom stereocenters. The number of carbonyl (C=O) groups excluding carboxylic acids is 2. The summed E-state index contributed by atoms with van der Waals surface area (Å²) in [6.07, 6.45) is 1.38. The van der Waals surface area contributed by atoms with Crippen molar-refractivity contribution < 1.29 is 28.6 Å². The Balaban J connectivity index is 1.88. The predicted molar refractivity (Wildman–Crippen MR) is 107 cm³/mol. The molecule has 2 aromatic carbocycles. The van der Waals surface area contributed by atoms with Crippen molar-refractivity contribution in [2.24, 2.45) is 0 Å². The Morgan fingerprint density at radius 2 is 1.93 bits per heavy atom. The Kier molecular flexibility index (Phi) is 5.55. The van der Waals surface area contributed by atoms with Gasteiger partial charge in [0, 0.05) is 18.7 Å². The van der Waals surface area contributed by atoms with Crippen molar-refractivity contribution in [2.75, 3.05) is 20.3 Å². The van der Waals surface area contributed by atoms with Crippen LogP contribution in [0.2, 0.25) is 0 Å². The summed E-state index contributed by atoms with van der Waals surface area (Å²) in [6.45, 7) is 0.729. The molecule has 0 saturated carbocycles. The summed E-state index contributed by atoms with van der Waals surface area (Å²) in [5.74, 6) is -2.26. The Labute approximate surface area is 173 Å². The number of halogens is 1. The number of nitrogens with zero attached hydrogens (tertiary/aromatic N) is 1. The number of ether oxygens (including phenoxy) is 2. The van der Waals surface area contributed by atoms with Crippen LogP contribution in [0.15, 0.2) is 54.1 Å². The molecule has 1 amide bonds. The van der Waals surface area contributed by atoms with Gasteiger partial charge in [0.2, 0.25) is 0 Å². The van der Waals surface area contributed by atoms with Gasteiger partial charge in [-0.25, -0.2) is 4.39 Å². The number of para-hydroxylation sites is 1. The van der Waals surface area contributed by atoms with Crippen molar-refractivity contribution in [3.8, 4) is 5.75 Å². The molecular weight excluding hydrogens is 389 g/mol. The van der Waals surface area contributed by atoms with Crippen LogP contribution in [0, 0.1) is 5.82 Å². The van der Waals surface area contributed by atoms with Crippen LogP contribution in [0.1, 0.15) is 30.0 Å². The monoisotopic (exact) mass is 411 g/mol. The first-order valence-electron chi connectivity index (χ1n) is 9.80. The zero-order valence-electron chi connectivity index (χ0n) is 16.5. The smallest absolute Gasteiger partial charge is 0.295 e. The Hall–Kier alpha value is -3.19. The second-order valence-electron chi connectivity index (χ2n) is 7.31. The number of aliphatic hydroxyl groups is 1. The zero-order chi connectivity index (χ0) is 21.3. The number of hydrogen-bond donors (Lipinski definition) is 1. The molecule has 6 nitrogen and oxygen atoms in total. The van der Waals surface area contributed by atoms with Gasteiger partial charge in [0.25, 0.3) is 11.7 Å². The number of aliphatic hydroxyl groups excluding tert-OH is 1. The lowest BCUT2D eigenvalue weighted by molar-refractivity contribution is -0.140. The number of rotatable bonds is 5. The van der Waals surface area contributed by atoms with Crippen molar-refractivity contribution in [3.63, 3.8) is 0 Å². The molecule has 0 bridgehead atoms. The first-order chi connectivity index (χ1) is 14.5. The van der Waals surface area contributed by atoms with Crippen LogP contribution >= 0.6 is 0 Å². The number of hydrogen-bond acceptors (Lipinski definition) is 5. The van der Waals surface area contributed by atoms with Gasteiger partial charge in [-0.1, -0.05) is 30.3 Å². The van der Waals surface area contributed by atoms with Gasteiger partial charge < -0.3 is 19.5 Å². The maximum Gasteiger partial charge on any atom is 0.295 e. The highest BCUT2D eigenvalue weighted by atomic mass is 19.1. The van der Waals surface area contributed by atoms with Gasteiger partial charge in [0.05, 0.1) is 30.4 Å². The maximum atomic E-state index is 14.8. The third kappa shape index (κ3) is 3.45. The molecule has 2 heterocycles. The SMILES string of the molecule is COc1ccccc1/C(O)=C1/C(=O)C(=O)N(CC2CCCO2)C1c1ccccc1F. The van der Waals surface area contributed by atoms with E-state index in [1.807, 2.05) is 0 Å². The van der Waals surface area contributed by atoms with E-state index in [0.717, 1.165) is 12.8 Å². The average Bonchev–Trinajstić information content (AvgIpc) is 3.36. The summed E-state index contributed by atoms with van der Waals surface area (Å²) >= 11 is 0. The minimum Gasteiger partial charge on any atom is -0.507 e. The molecule has 2 aliphatic heterocycles. The molecule has 0 radical (unpaired) electrons. The van der Waals surface area contributed by atoms with E-state index in [1.165, 1.54) is 30.2 Å². The molecule has 0 aliphatic carbocycles. The lowest BCUT2D eigenvalue weighted by atomic mass is 9.94. The average molecular weight is 411 g/mol. The highest BCUT2D eigenvalue weighted by Crippen LogP contribution is 2.42. The van der Waals surface area contributed by atoms with E-state index in [-0.39, 0.29) is 29.3 Å². The fraction of sp³-hybridized carbons (Fsp3) is 0.304. The Morgan fingerprint density at radius 3 is 2.63 bits per heavy atom. The lowest BCUT2D eigenvalue weighted by Crippen LogP contribution is -2.36. The summed E-state index contributed by atoms with van der Waals surface area (Å²) in [5, 5.41) is 11.1.